The van der Waals surface area contributed by atoms with Crippen LogP contribution in [0.25, 0.3) is 0 Å². The van der Waals surface area contributed by atoms with Crippen molar-refractivity contribution in [1.82, 2.24) is 15.0 Å². The average molecular weight is 223 g/mol. The van der Waals surface area contributed by atoms with Gasteiger partial charge in [-0.2, -0.15) is 15.0 Å². The second-order valence-corrected chi connectivity index (χ2v) is 4.28. The summed E-state index contributed by atoms with van der Waals surface area (Å²) in [6, 6.07) is 0.687. The van der Waals surface area contributed by atoms with Crippen molar-refractivity contribution in [3.63, 3.8) is 0 Å². The topological polar surface area (TPSA) is 62.7 Å². The van der Waals surface area contributed by atoms with Gasteiger partial charge in [0.05, 0.1) is 0 Å². The maximum atomic E-state index is 4.32. The Morgan fingerprint density at radius 2 is 1.56 bits per heavy atom. The molecule has 5 heteroatoms. The number of aryl methyl sites for hydroxylation is 1. The molecule has 0 radical (unpaired) electrons. The first-order chi connectivity index (χ1) is 7.51. The first kappa shape index (κ1) is 12.7. The lowest BCUT2D eigenvalue weighted by atomic mass is 10.3. The zero-order valence-corrected chi connectivity index (χ0v) is 10.7. The van der Waals surface area contributed by atoms with Gasteiger partial charge in [-0.15, -0.1) is 0 Å². The van der Waals surface area contributed by atoms with E-state index in [1.807, 2.05) is 6.92 Å². The van der Waals surface area contributed by atoms with Gasteiger partial charge in [0.2, 0.25) is 11.9 Å². The summed E-state index contributed by atoms with van der Waals surface area (Å²) >= 11 is 0. The van der Waals surface area contributed by atoms with Crippen molar-refractivity contribution < 1.29 is 0 Å². The summed E-state index contributed by atoms with van der Waals surface area (Å²) in [5, 5.41) is 6.42. The van der Waals surface area contributed by atoms with Crippen LogP contribution in [0.3, 0.4) is 0 Å². The van der Waals surface area contributed by atoms with E-state index in [1.54, 1.807) is 0 Å². The maximum Gasteiger partial charge on any atom is 0.227 e. The Bertz CT molecular complexity index is 337. The van der Waals surface area contributed by atoms with Gasteiger partial charge in [0.25, 0.3) is 0 Å². The van der Waals surface area contributed by atoms with Crippen molar-refractivity contribution in [2.24, 2.45) is 0 Å². The van der Waals surface area contributed by atoms with Gasteiger partial charge in [-0.25, -0.2) is 0 Å². The molecule has 0 aliphatic carbocycles. The van der Waals surface area contributed by atoms with Crippen LogP contribution in [0, 0.1) is 6.92 Å². The van der Waals surface area contributed by atoms with Gasteiger partial charge in [0, 0.05) is 12.1 Å². The zero-order chi connectivity index (χ0) is 12.1. The van der Waals surface area contributed by atoms with Gasteiger partial charge in [0.15, 0.2) is 0 Å². The normalized spacial score (nSPS) is 12.6. The molecule has 0 amide bonds. The molecule has 0 saturated heterocycles. The van der Waals surface area contributed by atoms with E-state index in [4.69, 9.17) is 0 Å². The smallest absolute Gasteiger partial charge is 0.227 e. The predicted molar refractivity (Wildman–Crippen MR) is 66.7 cm³/mol. The number of hydrogen-bond acceptors (Lipinski definition) is 5. The highest BCUT2D eigenvalue weighted by Gasteiger charge is 2.06. The minimum absolute atomic E-state index is 0.318. The van der Waals surface area contributed by atoms with E-state index >= 15 is 0 Å². The fourth-order valence-electron chi connectivity index (χ4n) is 1.19. The monoisotopic (exact) mass is 223 g/mol. The number of hydrogen-bond donors (Lipinski definition) is 2. The summed E-state index contributed by atoms with van der Waals surface area (Å²) < 4.78 is 0. The van der Waals surface area contributed by atoms with Crippen LogP contribution in [-0.4, -0.2) is 27.0 Å². The molecule has 0 aliphatic rings. The fraction of sp³-hybridized carbons (Fsp3) is 0.727. The van der Waals surface area contributed by atoms with Crippen molar-refractivity contribution in [3.8, 4) is 0 Å². The van der Waals surface area contributed by atoms with Crippen LogP contribution in [-0.2, 0) is 0 Å². The van der Waals surface area contributed by atoms with Gasteiger partial charge in [-0.1, -0.05) is 6.92 Å². The number of rotatable bonds is 5. The van der Waals surface area contributed by atoms with Crippen LogP contribution < -0.4 is 10.6 Å². The highest BCUT2D eigenvalue weighted by atomic mass is 15.2. The lowest BCUT2D eigenvalue weighted by Gasteiger charge is -2.13. The molecule has 1 unspecified atom stereocenters. The van der Waals surface area contributed by atoms with Crippen LogP contribution in [0.5, 0.6) is 0 Å². The molecule has 0 aliphatic heterocycles. The molecule has 1 aromatic rings. The second-order valence-electron chi connectivity index (χ2n) is 4.28. The molecule has 0 saturated carbocycles. The summed E-state index contributed by atoms with van der Waals surface area (Å²) in [6.07, 6.45) is 1.04. The predicted octanol–water partition coefficient (Wildman–Crippen LogP) is 2.21. The summed E-state index contributed by atoms with van der Waals surface area (Å²) in [5.74, 6) is 2.00. The lowest BCUT2D eigenvalue weighted by Crippen LogP contribution is -2.19. The molecule has 16 heavy (non-hydrogen) atoms. The lowest BCUT2D eigenvalue weighted by molar-refractivity contribution is 0.747. The maximum absolute atomic E-state index is 4.32. The highest BCUT2D eigenvalue weighted by Crippen LogP contribution is 2.08. The standard InChI is InChI=1S/C11H21N5/c1-6-8(4)13-11-15-9(5)14-10(16-11)12-7(2)3/h7-8H,6H2,1-5H3,(H2,12,13,14,15,16). The molecule has 0 spiro atoms. The van der Waals surface area contributed by atoms with E-state index in [1.165, 1.54) is 0 Å². The van der Waals surface area contributed by atoms with Gasteiger partial charge < -0.3 is 10.6 Å². The molecule has 5 nitrogen and oxygen atoms in total. The molecule has 1 atom stereocenters. The Morgan fingerprint density at radius 3 is 2.06 bits per heavy atom. The van der Waals surface area contributed by atoms with E-state index in [2.05, 4.69) is 53.3 Å². The van der Waals surface area contributed by atoms with Crippen molar-refractivity contribution in [2.75, 3.05) is 10.6 Å². The van der Waals surface area contributed by atoms with Crippen molar-refractivity contribution in [2.45, 2.75) is 53.1 Å². The molecule has 0 fully saturated rings. The van der Waals surface area contributed by atoms with E-state index in [0.717, 1.165) is 12.2 Å². The Labute approximate surface area is 97.1 Å². The van der Waals surface area contributed by atoms with E-state index in [-0.39, 0.29) is 0 Å². The van der Waals surface area contributed by atoms with E-state index in [0.29, 0.717) is 24.0 Å². The Hall–Kier alpha value is -1.39. The largest absolute Gasteiger partial charge is 0.352 e. The van der Waals surface area contributed by atoms with Crippen LogP contribution in [0.1, 0.15) is 39.9 Å². The van der Waals surface area contributed by atoms with E-state index < -0.39 is 0 Å². The first-order valence-corrected chi connectivity index (χ1v) is 5.77. The average Bonchev–Trinajstić information content (AvgIpc) is 2.15. The Kier molecular flexibility index (Phi) is 4.46. The third kappa shape index (κ3) is 4.00. The molecule has 90 valence electrons. The molecule has 2 N–H and O–H groups in total. The van der Waals surface area contributed by atoms with Crippen molar-refractivity contribution >= 4 is 11.9 Å². The second kappa shape index (κ2) is 5.63. The van der Waals surface area contributed by atoms with Crippen molar-refractivity contribution in [3.05, 3.63) is 5.82 Å². The molecular formula is C11H21N5. The van der Waals surface area contributed by atoms with E-state index in [9.17, 15) is 0 Å². The molecular weight excluding hydrogens is 202 g/mol. The molecule has 1 heterocycles. The van der Waals surface area contributed by atoms with Crippen LogP contribution in [0.4, 0.5) is 11.9 Å². The van der Waals surface area contributed by atoms with Crippen molar-refractivity contribution in [1.29, 1.82) is 0 Å². The van der Waals surface area contributed by atoms with Gasteiger partial charge >= 0.3 is 0 Å². The van der Waals surface area contributed by atoms with Gasteiger partial charge in [-0.05, 0) is 34.1 Å². The SMILES string of the molecule is CCC(C)Nc1nc(C)nc(NC(C)C)n1. The highest BCUT2D eigenvalue weighted by molar-refractivity contribution is 5.35. The summed E-state index contributed by atoms with van der Waals surface area (Å²) in [7, 11) is 0. The van der Waals surface area contributed by atoms with Crippen LogP contribution in [0.15, 0.2) is 0 Å². The summed E-state index contributed by atoms with van der Waals surface area (Å²) in [4.78, 5) is 12.8. The number of nitrogens with one attached hydrogen (secondary N) is 2. The third-order valence-corrected chi connectivity index (χ3v) is 2.15. The molecule has 0 aromatic carbocycles. The Morgan fingerprint density at radius 1 is 1.00 bits per heavy atom. The molecule has 1 aromatic heterocycles. The zero-order valence-electron chi connectivity index (χ0n) is 10.7. The summed E-state index contributed by atoms with van der Waals surface area (Å²) in [6.45, 7) is 10.2. The summed E-state index contributed by atoms with van der Waals surface area (Å²) in [5.41, 5.74) is 0. The number of nitrogens with zero attached hydrogens (tertiary/aromatic N) is 3. The minimum Gasteiger partial charge on any atom is -0.352 e. The third-order valence-electron chi connectivity index (χ3n) is 2.15. The number of aromatic nitrogens is 3. The number of anilines is 2. The van der Waals surface area contributed by atoms with Gasteiger partial charge in [0.1, 0.15) is 5.82 Å². The van der Waals surface area contributed by atoms with Gasteiger partial charge in [-0.3, -0.25) is 0 Å². The minimum atomic E-state index is 0.318. The van der Waals surface area contributed by atoms with Crippen LogP contribution in [0.2, 0.25) is 0 Å². The fourth-order valence-corrected chi connectivity index (χ4v) is 1.19. The first-order valence-electron chi connectivity index (χ1n) is 5.77. The van der Waals surface area contributed by atoms with Crippen LogP contribution >= 0.6 is 0 Å². The molecule has 0 bridgehead atoms. The quantitative estimate of drug-likeness (QED) is 0.801. The Balaban J connectivity index is 2.81. The molecule has 1 rings (SSSR count).